The molecule has 0 saturated heterocycles. The van der Waals surface area contributed by atoms with E-state index < -0.39 is 9.84 Å². The predicted molar refractivity (Wildman–Crippen MR) is 70.9 cm³/mol. The standard InChI is InChI=1S/C13H17NO2S/c1-2-10-17(15,16)11-9-14-8-7-12-5-3-4-6-13(12)14/h3-8H,2,9-11H2,1H3. The van der Waals surface area contributed by atoms with Crippen molar-refractivity contribution in [3.05, 3.63) is 36.5 Å². The first kappa shape index (κ1) is 12.2. The molecule has 17 heavy (non-hydrogen) atoms. The maximum Gasteiger partial charge on any atom is 0.152 e. The van der Waals surface area contributed by atoms with Crippen molar-refractivity contribution in [3.8, 4) is 0 Å². The van der Waals surface area contributed by atoms with Gasteiger partial charge in [-0.3, -0.25) is 0 Å². The van der Waals surface area contributed by atoms with Gasteiger partial charge in [0, 0.05) is 24.0 Å². The lowest BCUT2D eigenvalue weighted by atomic mass is 10.2. The first-order valence-corrected chi connectivity index (χ1v) is 7.69. The van der Waals surface area contributed by atoms with E-state index in [-0.39, 0.29) is 11.5 Å². The first-order chi connectivity index (χ1) is 8.12. The summed E-state index contributed by atoms with van der Waals surface area (Å²) in [7, 11) is -2.90. The van der Waals surface area contributed by atoms with Gasteiger partial charge in [-0.25, -0.2) is 8.42 Å². The van der Waals surface area contributed by atoms with Crippen LogP contribution in [0.2, 0.25) is 0 Å². The Morgan fingerprint density at radius 2 is 1.88 bits per heavy atom. The highest BCUT2D eigenvalue weighted by atomic mass is 32.2. The van der Waals surface area contributed by atoms with Gasteiger partial charge in [0.2, 0.25) is 0 Å². The third-order valence-electron chi connectivity index (χ3n) is 2.84. The van der Waals surface area contributed by atoms with E-state index in [9.17, 15) is 8.42 Å². The molecule has 0 aliphatic heterocycles. The molecule has 0 saturated carbocycles. The summed E-state index contributed by atoms with van der Waals surface area (Å²) < 4.78 is 25.3. The molecule has 1 heterocycles. The largest absolute Gasteiger partial charge is 0.346 e. The van der Waals surface area contributed by atoms with Crippen molar-refractivity contribution in [1.29, 1.82) is 0 Å². The van der Waals surface area contributed by atoms with Gasteiger partial charge in [-0.1, -0.05) is 25.1 Å². The second-order valence-electron chi connectivity index (χ2n) is 4.22. The number of benzene rings is 1. The van der Waals surface area contributed by atoms with Crippen molar-refractivity contribution >= 4 is 20.7 Å². The molecule has 92 valence electrons. The monoisotopic (exact) mass is 251 g/mol. The van der Waals surface area contributed by atoms with Gasteiger partial charge in [-0.15, -0.1) is 0 Å². The normalized spacial score (nSPS) is 12.1. The molecule has 0 bridgehead atoms. The Balaban J connectivity index is 2.15. The number of hydrogen-bond acceptors (Lipinski definition) is 2. The van der Waals surface area contributed by atoms with Gasteiger partial charge in [0.1, 0.15) is 0 Å². The molecule has 0 aliphatic carbocycles. The topological polar surface area (TPSA) is 39.1 Å². The van der Waals surface area contributed by atoms with Crippen LogP contribution in [-0.4, -0.2) is 24.5 Å². The molecule has 0 fully saturated rings. The van der Waals surface area contributed by atoms with Crippen LogP contribution in [0.5, 0.6) is 0 Å². The van der Waals surface area contributed by atoms with Crippen LogP contribution in [-0.2, 0) is 16.4 Å². The average molecular weight is 251 g/mol. The van der Waals surface area contributed by atoms with Gasteiger partial charge < -0.3 is 4.57 Å². The number of hydrogen-bond donors (Lipinski definition) is 0. The van der Waals surface area contributed by atoms with Crippen LogP contribution in [0, 0.1) is 0 Å². The Morgan fingerprint density at radius 1 is 1.12 bits per heavy atom. The third-order valence-corrected chi connectivity index (χ3v) is 4.67. The zero-order valence-electron chi connectivity index (χ0n) is 9.96. The molecule has 4 heteroatoms. The van der Waals surface area contributed by atoms with E-state index in [0.29, 0.717) is 13.0 Å². The van der Waals surface area contributed by atoms with Crippen LogP contribution in [0.3, 0.4) is 0 Å². The van der Waals surface area contributed by atoms with Crippen LogP contribution < -0.4 is 0 Å². The van der Waals surface area contributed by atoms with Crippen LogP contribution in [0.1, 0.15) is 13.3 Å². The molecule has 0 aliphatic rings. The Bertz CT molecular complexity index is 599. The molecule has 0 unspecified atom stereocenters. The highest BCUT2D eigenvalue weighted by molar-refractivity contribution is 7.91. The number of nitrogens with zero attached hydrogens (tertiary/aromatic N) is 1. The SMILES string of the molecule is CCCS(=O)(=O)CCn1ccc2ccccc21. The van der Waals surface area contributed by atoms with Crippen molar-refractivity contribution < 1.29 is 8.42 Å². The van der Waals surface area contributed by atoms with E-state index >= 15 is 0 Å². The highest BCUT2D eigenvalue weighted by Gasteiger charge is 2.10. The molecule has 1 aromatic heterocycles. The molecule has 0 N–H and O–H groups in total. The van der Waals surface area contributed by atoms with Gasteiger partial charge in [-0.2, -0.15) is 0 Å². The molecular weight excluding hydrogens is 234 g/mol. The van der Waals surface area contributed by atoms with E-state index in [1.165, 1.54) is 0 Å². The number of para-hydroxylation sites is 1. The number of aryl methyl sites for hydroxylation is 1. The molecule has 0 radical (unpaired) electrons. The van der Waals surface area contributed by atoms with Gasteiger partial charge in [0.25, 0.3) is 0 Å². The summed E-state index contributed by atoms with van der Waals surface area (Å²) in [6.45, 7) is 2.43. The Morgan fingerprint density at radius 3 is 2.65 bits per heavy atom. The Kier molecular flexibility index (Phi) is 3.52. The van der Waals surface area contributed by atoms with Crippen molar-refractivity contribution in [2.75, 3.05) is 11.5 Å². The van der Waals surface area contributed by atoms with Crippen LogP contribution in [0.15, 0.2) is 36.5 Å². The molecule has 3 nitrogen and oxygen atoms in total. The van der Waals surface area contributed by atoms with Crippen molar-refractivity contribution in [3.63, 3.8) is 0 Å². The maximum atomic E-state index is 11.6. The molecular formula is C13H17NO2S. The summed E-state index contributed by atoms with van der Waals surface area (Å²) in [4.78, 5) is 0. The minimum absolute atomic E-state index is 0.222. The first-order valence-electron chi connectivity index (χ1n) is 5.87. The zero-order chi connectivity index (χ0) is 12.3. The smallest absolute Gasteiger partial charge is 0.152 e. The third kappa shape index (κ3) is 2.88. The molecule has 0 spiro atoms. The minimum Gasteiger partial charge on any atom is -0.346 e. The van der Waals surface area contributed by atoms with Crippen molar-refractivity contribution in [2.45, 2.75) is 19.9 Å². The second-order valence-corrected chi connectivity index (χ2v) is 6.52. The lowest BCUT2D eigenvalue weighted by molar-refractivity contribution is 0.588. The Hall–Kier alpha value is -1.29. The summed E-state index contributed by atoms with van der Waals surface area (Å²) in [5, 5.41) is 1.15. The summed E-state index contributed by atoms with van der Waals surface area (Å²) >= 11 is 0. The van der Waals surface area contributed by atoms with E-state index in [4.69, 9.17) is 0 Å². The fraction of sp³-hybridized carbons (Fsp3) is 0.385. The second kappa shape index (κ2) is 4.92. The highest BCUT2D eigenvalue weighted by Crippen LogP contribution is 2.15. The van der Waals surface area contributed by atoms with Gasteiger partial charge >= 0.3 is 0 Å². The van der Waals surface area contributed by atoms with E-state index in [0.717, 1.165) is 10.9 Å². The molecule has 0 amide bonds. The molecule has 1 aromatic carbocycles. The van der Waals surface area contributed by atoms with Crippen LogP contribution in [0.4, 0.5) is 0 Å². The summed E-state index contributed by atoms with van der Waals surface area (Å²) in [5.41, 5.74) is 1.10. The lowest BCUT2D eigenvalue weighted by Gasteiger charge is -2.06. The fourth-order valence-corrected chi connectivity index (χ4v) is 3.29. The van der Waals surface area contributed by atoms with Crippen molar-refractivity contribution in [1.82, 2.24) is 4.57 Å². The average Bonchev–Trinajstić information content (AvgIpc) is 2.70. The summed E-state index contributed by atoms with van der Waals surface area (Å²) in [5.74, 6) is 0.506. The van der Waals surface area contributed by atoms with E-state index in [2.05, 4.69) is 0 Å². The molecule has 2 aromatic rings. The van der Waals surface area contributed by atoms with Crippen LogP contribution >= 0.6 is 0 Å². The van der Waals surface area contributed by atoms with Gasteiger partial charge in [0.05, 0.1) is 5.75 Å². The quantitative estimate of drug-likeness (QED) is 0.819. The number of sulfone groups is 1. The number of rotatable bonds is 5. The zero-order valence-corrected chi connectivity index (χ0v) is 10.8. The molecule has 0 atom stereocenters. The van der Waals surface area contributed by atoms with Crippen molar-refractivity contribution in [2.24, 2.45) is 0 Å². The molecule has 2 rings (SSSR count). The lowest BCUT2D eigenvalue weighted by Crippen LogP contribution is -2.15. The Labute approximate surface area is 102 Å². The fourth-order valence-electron chi connectivity index (χ4n) is 1.99. The minimum atomic E-state index is -2.90. The number of fused-ring (bicyclic) bond motifs is 1. The summed E-state index contributed by atoms with van der Waals surface area (Å²) in [6.07, 6.45) is 2.64. The van der Waals surface area contributed by atoms with E-state index in [1.807, 2.05) is 48.0 Å². The summed E-state index contributed by atoms with van der Waals surface area (Å²) in [6, 6.07) is 10.0. The van der Waals surface area contributed by atoms with Gasteiger partial charge in [0.15, 0.2) is 9.84 Å². The van der Waals surface area contributed by atoms with E-state index in [1.54, 1.807) is 0 Å². The predicted octanol–water partition coefficient (Wildman–Crippen LogP) is 2.47. The van der Waals surface area contributed by atoms with Crippen LogP contribution in [0.25, 0.3) is 10.9 Å². The van der Waals surface area contributed by atoms with Gasteiger partial charge in [-0.05, 0) is 23.9 Å². The maximum absolute atomic E-state index is 11.6. The number of aromatic nitrogens is 1.